The van der Waals surface area contributed by atoms with Crippen molar-refractivity contribution in [3.05, 3.63) is 95.8 Å². The number of hydrogen-bond acceptors (Lipinski definition) is 11. The number of carbonyl (C=O) groups is 2. The first-order valence-corrected chi connectivity index (χ1v) is 27.4. The Bertz CT molecular complexity index is 2760. The number of allylic oxidation sites excluding steroid dienone is 8. The Labute approximate surface area is 388 Å². The van der Waals surface area contributed by atoms with Crippen molar-refractivity contribution in [2.24, 2.45) is 0 Å². The molecule has 2 aliphatic rings. The number of unbranched alkanes of at least 4 members (excludes halogenated alkanes) is 4. The van der Waals surface area contributed by atoms with Gasteiger partial charge in [-0.1, -0.05) is 50.6 Å². The van der Waals surface area contributed by atoms with Crippen LogP contribution in [-0.2, 0) is 60.8 Å². The number of rotatable bonds is 25. The molecule has 0 aliphatic carbocycles. The third-order valence-corrected chi connectivity index (χ3v) is 15.8. The zero-order valence-electron chi connectivity index (χ0n) is 37.8. The lowest BCUT2D eigenvalue weighted by atomic mass is 9.81. The highest BCUT2D eigenvalue weighted by Gasteiger charge is 2.45. The van der Waals surface area contributed by atoms with Crippen LogP contribution in [0.4, 0.5) is 11.4 Å². The molecule has 0 aromatic heterocycles. The van der Waals surface area contributed by atoms with Crippen LogP contribution < -0.4 is 10.2 Å². The van der Waals surface area contributed by atoms with E-state index in [-0.39, 0.29) is 35.6 Å². The van der Waals surface area contributed by atoms with Crippen molar-refractivity contribution >= 4 is 69.3 Å². The van der Waals surface area contributed by atoms with Gasteiger partial charge < -0.3 is 15.3 Å². The van der Waals surface area contributed by atoms with Gasteiger partial charge in [0.1, 0.15) is 6.54 Å². The van der Waals surface area contributed by atoms with Gasteiger partial charge in [-0.3, -0.25) is 23.2 Å². The van der Waals surface area contributed by atoms with Crippen LogP contribution in [0.25, 0.3) is 0 Å². The van der Waals surface area contributed by atoms with Gasteiger partial charge in [0.05, 0.1) is 33.3 Å². The fourth-order valence-corrected chi connectivity index (χ4v) is 10.8. The number of nitrogens with one attached hydrogen (secondary N) is 1. The standard InChI is InChI=1S/C44H60N4O14S4/c1-43(2)35-30-33(65(58,59)46(5)32-41(49)45-25-13-9-12-20-42(50)51)21-23-37(35)47(26-14-16-28-63(52,53)54)39(43)18-10-7-6-8-11-19-40-44(3,4)36-31-34(66(60,61)62)22-24-38(36)48(40)27-15-17-29-64(55,56)57/h6-8,10-11,18-19,21-24,30-31H,9,12-17,20,25-29,32H2,1-5H3,(H4-,45,49,50,51,52,53,54,55,56,57,60,61,62)/p+1. The molecule has 0 atom stereocenters. The van der Waals surface area contributed by atoms with Crippen LogP contribution in [0.3, 0.4) is 0 Å². The van der Waals surface area contributed by atoms with E-state index in [0.29, 0.717) is 67.7 Å². The molecule has 0 saturated carbocycles. The molecule has 0 spiro atoms. The summed E-state index contributed by atoms with van der Waals surface area (Å²) in [6.07, 6.45) is 15.4. The SMILES string of the molecule is CN(CC(=O)NCCCCCC(=O)O)S(=O)(=O)c1ccc2c(c1)C(C)(C)C(/C=C/C=C/C=C/C=C1/N(CCCCS(=O)(=O)O)c3ccc(S(=O)(=O)O)cc3C1(C)C)=[N+]2CCCCS(=O)(=O)O. The predicted octanol–water partition coefficient (Wildman–Crippen LogP) is 5.38. The zero-order chi connectivity index (χ0) is 49.3. The molecule has 0 radical (unpaired) electrons. The number of benzene rings is 2. The molecule has 364 valence electrons. The Kier molecular flexibility index (Phi) is 18.1. The molecular formula is C44H61N4O14S4+. The van der Waals surface area contributed by atoms with Crippen LogP contribution in [0, 0.1) is 0 Å². The Morgan fingerprint density at radius 3 is 1.97 bits per heavy atom. The quantitative estimate of drug-likeness (QED) is 0.0362. The highest BCUT2D eigenvalue weighted by molar-refractivity contribution is 7.89. The Morgan fingerprint density at radius 1 is 0.727 bits per heavy atom. The number of amides is 1. The second-order valence-corrected chi connectivity index (χ2v) is 23.9. The molecule has 5 N–H and O–H groups in total. The van der Waals surface area contributed by atoms with E-state index in [1.165, 1.54) is 25.2 Å². The van der Waals surface area contributed by atoms with Crippen LogP contribution >= 0.6 is 0 Å². The van der Waals surface area contributed by atoms with Gasteiger partial charge in [-0.25, -0.2) is 8.42 Å². The van der Waals surface area contributed by atoms with Crippen LogP contribution in [-0.4, -0.2) is 124 Å². The normalized spacial score (nSPS) is 16.9. The third-order valence-electron chi connectivity index (χ3n) is 11.5. The van der Waals surface area contributed by atoms with Crippen molar-refractivity contribution < 1.29 is 66.6 Å². The van der Waals surface area contributed by atoms with Gasteiger partial charge in [-0.15, -0.1) is 0 Å². The van der Waals surface area contributed by atoms with Crippen molar-refractivity contribution in [3.63, 3.8) is 0 Å². The number of nitrogens with zero attached hydrogens (tertiary/aromatic N) is 3. The lowest BCUT2D eigenvalue weighted by molar-refractivity contribution is -0.438. The fourth-order valence-electron chi connectivity index (χ4n) is 8.04. The number of anilines is 1. The highest BCUT2D eigenvalue weighted by atomic mass is 32.2. The monoisotopic (exact) mass is 997 g/mol. The number of carbonyl (C=O) groups excluding carboxylic acids is 1. The molecule has 1 amide bonds. The summed E-state index contributed by atoms with van der Waals surface area (Å²) >= 11 is 0. The minimum absolute atomic E-state index is 0.0296. The van der Waals surface area contributed by atoms with Crippen molar-refractivity contribution in [2.45, 2.75) is 99.7 Å². The predicted molar refractivity (Wildman–Crippen MR) is 252 cm³/mol. The van der Waals surface area contributed by atoms with E-state index in [0.717, 1.165) is 15.7 Å². The van der Waals surface area contributed by atoms with E-state index in [1.807, 2.05) is 49.3 Å². The van der Waals surface area contributed by atoms with Crippen LogP contribution in [0.1, 0.15) is 90.2 Å². The first kappa shape index (κ1) is 54.1. The van der Waals surface area contributed by atoms with E-state index in [1.54, 1.807) is 48.6 Å². The number of sulfonamides is 1. The molecule has 4 rings (SSSR count). The van der Waals surface area contributed by atoms with Gasteiger partial charge in [-0.2, -0.15) is 34.1 Å². The summed E-state index contributed by atoms with van der Waals surface area (Å²) < 4.78 is 128. The molecule has 0 saturated heterocycles. The summed E-state index contributed by atoms with van der Waals surface area (Å²) in [7, 11) is -15.6. The van der Waals surface area contributed by atoms with E-state index in [4.69, 9.17) is 5.11 Å². The first-order valence-electron chi connectivity index (χ1n) is 21.3. The van der Waals surface area contributed by atoms with Crippen molar-refractivity contribution in [2.75, 3.05) is 49.6 Å². The topological polar surface area (TPSA) is 273 Å². The average molecular weight is 998 g/mol. The number of fused-ring (bicyclic) bond motifs is 2. The van der Waals surface area contributed by atoms with Gasteiger partial charge >= 0.3 is 5.97 Å². The smallest absolute Gasteiger partial charge is 0.303 e. The van der Waals surface area contributed by atoms with Gasteiger partial charge in [0.25, 0.3) is 30.4 Å². The molecule has 0 bridgehead atoms. The summed E-state index contributed by atoms with van der Waals surface area (Å²) in [5, 5.41) is 11.5. The minimum atomic E-state index is -4.49. The Hall–Kier alpha value is -4.55. The van der Waals surface area contributed by atoms with Crippen LogP contribution in [0.5, 0.6) is 0 Å². The summed E-state index contributed by atoms with van der Waals surface area (Å²) in [5.74, 6) is -2.23. The number of carboxylic acid groups (broad SMARTS) is 1. The maximum Gasteiger partial charge on any atom is 0.303 e. The molecular weight excluding hydrogens is 937 g/mol. The number of carboxylic acids is 1. The molecule has 2 aliphatic heterocycles. The van der Waals surface area contributed by atoms with E-state index in [2.05, 4.69) is 5.32 Å². The van der Waals surface area contributed by atoms with Gasteiger partial charge in [-0.05, 0) is 87.9 Å². The third kappa shape index (κ3) is 14.5. The lowest BCUT2D eigenvalue weighted by Crippen LogP contribution is -2.38. The van der Waals surface area contributed by atoms with Gasteiger partial charge in [0.2, 0.25) is 21.6 Å². The van der Waals surface area contributed by atoms with Crippen LogP contribution in [0.2, 0.25) is 0 Å². The largest absolute Gasteiger partial charge is 0.481 e. The molecule has 0 unspecified atom stereocenters. The Balaban J connectivity index is 1.56. The average Bonchev–Trinajstić information content (AvgIpc) is 3.54. The molecule has 18 nitrogen and oxygen atoms in total. The van der Waals surface area contributed by atoms with E-state index in [9.17, 15) is 56.9 Å². The summed E-state index contributed by atoms with van der Waals surface area (Å²) in [6.45, 7) is 8.21. The molecule has 2 aromatic carbocycles. The van der Waals surface area contributed by atoms with Gasteiger partial charge in [0, 0.05) is 67.5 Å². The molecule has 0 fully saturated rings. The maximum atomic E-state index is 13.8. The second-order valence-electron chi connectivity index (χ2n) is 17.3. The van der Waals surface area contributed by atoms with Gasteiger partial charge in [0.15, 0.2) is 5.71 Å². The maximum absolute atomic E-state index is 13.8. The van der Waals surface area contributed by atoms with Crippen LogP contribution in [0.15, 0.2) is 94.4 Å². The van der Waals surface area contributed by atoms with Crippen molar-refractivity contribution in [1.29, 1.82) is 0 Å². The summed E-state index contributed by atoms with van der Waals surface area (Å²) in [6, 6.07) is 9.02. The number of hydrogen-bond donors (Lipinski definition) is 5. The van der Waals surface area contributed by atoms with E-state index < -0.39 is 81.1 Å². The first-order chi connectivity index (χ1) is 30.6. The van der Waals surface area contributed by atoms with E-state index >= 15 is 0 Å². The zero-order valence-corrected chi connectivity index (χ0v) is 41.0. The number of likely N-dealkylation sites (N-methyl/N-ethyl adjacent to an activating group) is 1. The number of aliphatic carboxylic acids is 1. The summed E-state index contributed by atoms with van der Waals surface area (Å²) in [4.78, 5) is 25.0. The molecule has 22 heteroatoms. The summed E-state index contributed by atoms with van der Waals surface area (Å²) in [5.41, 5.74) is 2.79. The minimum Gasteiger partial charge on any atom is -0.481 e. The second kappa shape index (κ2) is 22.0. The highest BCUT2D eigenvalue weighted by Crippen LogP contribution is 2.48. The van der Waals surface area contributed by atoms with Crippen molar-refractivity contribution in [3.8, 4) is 0 Å². The van der Waals surface area contributed by atoms with Crippen molar-refractivity contribution in [1.82, 2.24) is 9.62 Å². The molecule has 2 heterocycles. The fraction of sp³-hybridized carbons (Fsp3) is 0.477. The Morgan fingerprint density at radius 2 is 1.33 bits per heavy atom. The molecule has 2 aromatic rings. The molecule has 66 heavy (non-hydrogen) atoms. The lowest BCUT2D eigenvalue weighted by Gasteiger charge is -2.27.